The molecule has 0 unspecified atom stereocenters. The topological polar surface area (TPSA) is 86.8 Å². The third-order valence-electron chi connectivity index (χ3n) is 5.47. The molecule has 2 aromatic carbocycles. The van der Waals surface area contributed by atoms with Gasteiger partial charge in [0.25, 0.3) is 0 Å². The van der Waals surface area contributed by atoms with Crippen molar-refractivity contribution in [2.45, 2.75) is 46.2 Å². The molecule has 0 aromatic heterocycles. The molecule has 180 valence electrons. The largest absolute Gasteiger partial charge is 0.357 e. The first kappa shape index (κ1) is 26.3. The number of carbonyl (C=O) groups is 2. The number of sulfonamides is 1. The second kappa shape index (κ2) is 11.3. The molecule has 2 aromatic rings. The average molecular weight is 478 g/mol. The zero-order chi connectivity index (χ0) is 24.8. The van der Waals surface area contributed by atoms with E-state index in [0.29, 0.717) is 11.3 Å². The van der Waals surface area contributed by atoms with Crippen LogP contribution < -0.4 is 9.62 Å². The predicted octanol–water partition coefficient (Wildman–Crippen LogP) is 3.15. The minimum Gasteiger partial charge on any atom is -0.357 e. The van der Waals surface area contributed by atoms with E-state index in [1.165, 1.54) is 28.4 Å². The van der Waals surface area contributed by atoms with E-state index in [-0.39, 0.29) is 43.6 Å². The molecule has 1 atom stereocenters. The van der Waals surface area contributed by atoms with Crippen molar-refractivity contribution in [2.75, 3.05) is 24.2 Å². The summed E-state index contributed by atoms with van der Waals surface area (Å²) in [6, 6.07) is 10.6. The average Bonchev–Trinajstić information content (AvgIpc) is 2.76. The molecule has 0 radical (unpaired) electrons. The van der Waals surface area contributed by atoms with Crippen LogP contribution in [0.1, 0.15) is 36.5 Å². The lowest BCUT2D eigenvalue weighted by atomic mass is 10.1. The van der Waals surface area contributed by atoms with E-state index in [9.17, 15) is 22.4 Å². The normalized spacial score (nSPS) is 12.2. The first-order chi connectivity index (χ1) is 15.4. The Labute approximate surface area is 195 Å². The maximum absolute atomic E-state index is 13.3. The smallest absolute Gasteiger partial charge is 0.242 e. The van der Waals surface area contributed by atoms with Crippen LogP contribution in [0.4, 0.5) is 10.1 Å². The van der Waals surface area contributed by atoms with Crippen LogP contribution >= 0.6 is 0 Å². The summed E-state index contributed by atoms with van der Waals surface area (Å²) in [5.74, 6) is -0.994. The summed E-state index contributed by atoms with van der Waals surface area (Å²) in [6.45, 7) is 5.63. The van der Waals surface area contributed by atoms with E-state index < -0.39 is 16.1 Å². The van der Waals surface area contributed by atoms with Crippen molar-refractivity contribution >= 4 is 27.5 Å². The molecule has 33 heavy (non-hydrogen) atoms. The third-order valence-corrected chi connectivity index (χ3v) is 6.65. The molecule has 9 heteroatoms. The number of benzene rings is 2. The van der Waals surface area contributed by atoms with Crippen molar-refractivity contribution in [2.24, 2.45) is 0 Å². The summed E-state index contributed by atoms with van der Waals surface area (Å²) in [5, 5.41) is 2.54. The van der Waals surface area contributed by atoms with Crippen molar-refractivity contribution < 1.29 is 22.4 Å². The number of halogens is 1. The molecule has 2 amide bonds. The van der Waals surface area contributed by atoms with Gasteiger partial charge in [0.05, 0.1) is 11.9 Å². The molecule has 0 spiro atoms. The van der Waals surface area contributed by atoms with Crippen LogP contribution in [0.25, 0.3) is 0 Å². The highest BCUT2D eigenvalue weighted by molar-refractivity contribution is 7.92. The van der Waals surface area contributed by atoms with Gasteiger partial charge in [0.2, 0.25) is 21.8 Å². The first-order valence-corrected chi connectivity index (χ1v) is 12.6. The first-order valence-electron chi connectivity index (χ1n) is 10.7. The number of amides is 2. The molecule has 0 heterocycles. The molecule has 1 N–H and O–H groups in total. The van der Waals surface area contributed by atoms with Gasteiger partial charge < -0.3 is 10.2 Å². The van der Waals surface area contributed by atoms with Crippen molar-refractivity contribution in [1.29, 1.82) is 0 Å². The van der Waals surface area contributed by atoms with E-state index >= 15 is 0 Å². The molecular weight excluding hydrogens is 445 g/mol. The zero-order valence-corrected chi connectivity index (χ0v) is 20.6. The Kier molecular flexibility index (Phi) is 8.99. The van der Waals surface area contributed by atoms with Crippen LogP contribution in [0.2, 0.25) is 0 Å². The van der Waals surface area contributed by atoms with Gasteiger partial charge in [-0.25, -0.2) is 12.8 Å². The predicted molar refractivity (Wildman–Crippen MR) is 128 cm³/mol. The number of carbonyl (C=O) groups excluding carboxylic acids is 2. The van der Waals surface area contributed by atoms with Crippen molar-refractivity contribution in [3.63, 3.8) is 0 Å². The molecule has 0 saturated carbocycles. The van der Waals surface area contributed by atoms with E-state index in [1.807, 2.05) is 32.0 Å². The highest BCUT2D eigenvalue weighted by Gasteiger charge is 2.26. The van der Waals surface area contributed by atoms with Crippen LogP contribution in [0.15, 0.2) is 42.5 Å². The Morgan fingerprint density at radius 1 is 1.09 bits per heavy atom. The second-order valence-electron chi connectivity index (χ2n) is 8.17. The maximum Gasteiger partial charge on any atom is 0.242 e. The van der Waals surface area contributed by atoms with Crippen LogP contribution in [0.3, 0.4) is 0 Å². The Morgan fingerprint density at radius 2 is 1.73 bits per heavy atom. The van der Waals surface area contributed by atoms with Crippen LogP contribution in [-0.4, -0.2) is 51.0 Å². The molecule has 0 fully saturated rings. The maximum atomic E-state index is 13.3. The number of anilines is 1. The summed E-state index contributed by atoms with van der Waals surface area (Å²) in [4.78, 5) is 26.7. The number of rotatable bonds is 10. The standard InChI is InChI=1S/C24H32FN3O4S/c1-17-8-9-18(2)22(15-17)28(33(5,31)32)14-6-7-23(29)27(19(3)24(30)26-4)16-20-10-12-21(25)13-11-20/h8-13,15,19H,6-7,14,16H2,1-5H3,(H,26,30)/t19-/m1/s1. The third kappa shape index (κ3) is 7.28. The SMILES string of the molecule is CNC(=O)[C@@H](C)N(Cc1ccc(F)cc1)C(=O)CCCN(c1cc(C)ccc1C)S(C)(=O)=O. The summed E-state index contributed by atoms with van der Waals surface area (Å²) in [7, 11) is -2.06. The number of hydrogen-bond acceptors (Lipinski definition) is 4. The van der Waals surface area contributed by atoms with Gasteiger partial charge in [-0.2, -0.15) is 0 Å². The van der Waals surface area contributed by atoms with Gasteiger partial charge in [-0.05, 0) is 62.1 Å². The van der Waals surface area contributed by atoms with Crippen molar-refractivity contribution in [3.05, 3.63) is 65.0 Å². The summed E-state index contributed by atoms with van der Waals surface area (Å²) >= 11 is 0. The molecular formula is C24H32FN3O4S. The quantitative estimate of drug-likeness (QED) is 0.570. The Bertz CT molecular complexity index is 1090. The fourth-order valence-corrected chi connectivity index (χ4v) is 4.56. The van der Waals surface area contributed by atoms with Gasteiger partial charge in [-0.3, -0.25) is 13.9 Å². The minimum atomic E-state index is -3.55. The lowest BCUT2D eigenvalue weighted by molar-refractivity contribution is -0.140. The van der Waals surface area contributed by atoms with E-state index in [2.05, 4.69) is 5.32 Å². The van der Waals surface area contributed by atoms with Gasteiger partial charge in [-0.15, -0.1) is 0 Å². The molecule has 0 aliphatic heterocycles. The van der Waals surface area contributed by atoms with Gasteiger partial charge in [0, 0.05) is 26.6 Å². The highest BCUT2D eigenvalue weighted by atomic mass is 32.2. The zero-order valence-electron chi connectivity index (χ0n) is 19.8. The van der Waals surface area contributed by atoms with E-state index in [4.69, 9.17) is 0 Å². The number of hydrogen-bond donors (Lipinski definition) is 1. The lowest BCUT2D eigenvalue weighted by Gasteiger charge is -2.29. The minimum absolute atomic E-state index is 0.0550. The number of aryl methyl sites for hydroxylation is 2. The van der Waals surface area contributed by atoms with Crippen LogP contribution in [0, 0.1) is 19.7 Å². The number of nitrogens with zero attached hydrogens (tertiary/aromatic N) is 2. The summed E-state index contributed by atoms with van der Waals surface area (Å²) in [5.41, 5.74) is 3.04. The number of nitrogens with one attached hydrogen (secondary N) is 1. The highest BCUT2D eigenvalue weighted by Crippen LogP contribution is 2.24. The van der Waals surface area contributed by atoms with Crippen molar-refractivity contribution in [3.8, 4) is 0 Å². The van der Waals surface area contributed by atoms with E-state index in [0.717, 1.165) is 17.4 Å². The van der Waals surface area contributed by atoms with Gasteiger partial charge >= 0.3 is 0 Å². The molecule has 0 aliphatic carbocycles. The van der Waals surface area contributed by atoms with Gasteiger partial charge in [-0.1, -0.05) is 24.3 Å². The fraction of sp³-hybridized carbons (Fsp3) is 0.417. The Morgan fingerprint density at radius 3 is 2.30 bits per heavy atom. The van der Waals surface area contributed by atoms with Crippen LogP contribution in [-0.2, 0) is 26.2 Å². The molecule has 7 nitrogen and oxygen atoms in total. The Hall–Kier alpha value is -2.94. The summed E-state index contributed by atoms with van der Waals surface area (Å²) < 4.78 is 39.5. The second-order valence-corrected chi connectivity index (χ2v) is 10.1. The fourth-order valence-electron chi connectivity index (χ4n) is 3.55. The van der Waals surface area contributed by atoms with E-state index in [1.54, 1.807) is 19.1 Å². The van der Waals surface area contributed by atoms with Crippen molar-refractivity contribution in [1.82, 2.24) is 10.2 Å². The van der Waals surface area contributed by atoms with Crippen LogP contribution in [0.5, 0.6) is 0 Å². The van der Waals surface area contributed by atoms with Gasteiger partial charge in [0.1, 0.15) is 11.9 Å². The molecule has 0 bridgehead atoms. The summed E-state index contributed by atoms with van der Waals surface area (Å²) in [6.07, 6.45) is 1.48. The monoisotopic (exact) mass is 477 g/mol. The van der Waals surface area contributed by atoms with Gasteiger partial charge in [0.15, 0.2) is 0 Å². The number of likely N-dealkylation sites (N-methyl/N-ethyl adjacent to an activating group) is 1. The Balaban J connectivity index is 2.17. The molecule has 2 rings (SSSR count). The molecule has 0 aliphatic rings. The molecule has 0 saturated heterocycles. The lowest BCUT2D eigenvalue weighted by Crippen LogP contribution is -2.46.